The lowest BCUT2D eigenvalue weighted by Crippen LogP contribution is -2.42. The van der Waals surface area contributed by atoms with E-state index in [2.05, 4.69) is 33.4 Å². The number of benzene rings is 1. The summed E-state index contributed by atoms with van der Waals surface area (Å²) in [6.45, 7) is 1.74. The third kappa shape index (κ3) is 3.01. The molecule has 2 aromatic heterocycles. The molecule has 0 spiro atoms. The summed E-state index contributed by atoms with van der Waals surface area (Å²) < 4.78 is 1.95. The maximum Gasteiger partial charge on any atom is 0.251 e. The van der Waals surface area contributed by atoms with Crippen molar-refractivity contribution < 1.29 is 4.79 Å². The lowest BCUT2D eigenvalue weighted by Gasteiger charge is -2.39. The van der Waals surface area contributed by atoms with Crippen LogP contribution in [0.3, 0.4) is 0 Å². The lowest BCUT2D eigenvalue weighted by atomic mass is 9.87. The summed E-state index contributed by atoms with van der Waals surface area (Å²) in [5.74, 6) is 0.366. The molecule has 0 unspecified atom stereocenters. The third-order valence-electron chi connectivity index (χ3n) is 5.53. The van der Waals surface area contributed by atoms with Gasteiger partial charge in [-0.1, -0.05) is 6.07 Å². The highest BCUT2D eigenvalue weighted by molar-refractivity contribution is 6.06. The molecule has 136 valence electrons. The zero-order valence-corrected chi connectivity index (χ0v) is 15.3. The quantitative estimate of drug-likeness (QED) is 0.759. The molecular weight excluding hydrogens is 326 g/mol. The van der Waals surface area contributed by atoms with Crippen molar-refractivity contribution in [1.29, 1.82) is 0 Å². The first kappa shape index (κ1) is 16.8. The number of aryl methyl sites for hydroxylation is 1. The number of H-pyrrole nitrogens is 1. The first-order chi connectivity index (χ1) is 12.6. The molecule has 0 bridgehead atoms. The first-order valence-electron chi connectivity index (χ1n) is 9.17. The van der Waals surface area contributed by atoms with Gasteiger partial charge < -0.3 is 10.3 Å². The minimum atomic E-state index is -0.00724. The monoisotopic (exact) mass is 351 g/mol. The van der Waals surface area contributed by atoms with Crippen molar-refractivity contribution in [3.63, 3.8) is 0 Å². The summed E-state index contributed by atoms with van der Waals surface area (Å²) in [6.07, 6.45) is 5.98. The summed E-state index contributed by atoms with van der Waals surface area (Å²) in [4.78, 5) is 18.3. The Hall–Kier alpha value is -2.60. The summed E-state index contributed by atoms with van der Waals surface area (Å²) in [5.41, 5.74) is 2.92. The Kier molecular flexibility index (Phi) is 4.51. The van der Waals surface area contributed by atoms with Crippen LogP contribution >= 0.6 is 0 Å². The number of nitrogens with zero attached hydrogens (tertiary/aromatic N) is 3. The fourth-order valence-corrected chi connectivity index (χ4v) is 4.22. The second kappa shape index (κ2) is 6.96. The molecular formula is C20H25N5O. The van der Waals surface area contributed by atoms with Gasteiger partial charge in [0.1, 0.15) is 0 Å². The number of piperidine rings is 1. The Labute approximate surface area is 153 Å². The number of aromatic nitrogens is 3. The molecule has 3 aromatic rings. The van der Waals surface area contributed by atoms with Crippen molar-refractivity contribution in [2.24, 2.45) is 13.0 Å². The van der Waals surface area contributed by atoms with Gasteiger partial charge in [-0.3, -0.25) is 14.4 Å². The molecule has 1 aliphatic rings. The standard InChI is InChI=1S/C20H25N5O/c1-24-12-4-5-14(19(24)18-9-11-23-25(18)2)13-22-20(26)16-6-3-7-17-15(16)8-10-21-17/h3,6-11,14,19,21H,4-5,12-13H2,1-2H3,(H,22,26)/t14-,19+/m0/s1. The van der Waals surface area contributed by atoms with Crippen LogP contribution in [0.1, 0.15) is 34.9 Å². The van der Waals surface area contributed by atoms with E-state index in [9.17, 15) is 4.79 Å². The average Bonchev–Trinajstić information content (AvgIpc) is 3.28. The average molecular weight is 351 g/mol. The molecule has 0 radical (unpaired) electrons. The van der Waals surface area contributed by atoms with Gasteiger partial charge in [0.2, 0.25) is 0 Å². The van der Waals surface area contributed by atoms with Crippen LogP contribution in [0.25, 0.3) is 10.9 Å². The Morgan fingerprint density at radius 2 is 2.19 bits per heavy atom. The molecule has 1 saturated heterocycles. The fraction of sp³-hybridized carbons (Fsp3) is 0.400. The minimum Gasteiger partial charge on any atom is -0.361 e. The van der Waals surface area contributed by atoms with Crippen LogP contribution in [-0.2, 0) is 7.05 Å². The van der Waals surface area contributed by atoms with Gasteiger partial charge in [-0.25, -0.2) is 0 Å². The number of fused-ring (bicyclic) bond motifs is 1. The van der Waals surface area contributed by atoms with E-state index in [1.807, 2.05) is 48.4 Å². The molecule has 4 rings (SSSR count). The second-order valence-electron chi connectivity index (χ2n) is 7.16. The molecule has 3 heterocycles. The second-order valence-corrected chi connectivity index (χ2v) is 7.16. The van der Waals surface area contributed by atoms with E-state index < -0.39 is 0 Å². The Balaban J connectivity index is 1.51. The summed E-state index contributed by atoms with van der Waals surface area (Å²) in [6, 6.07) is 10.1. The maximum atomic E-state index is 12.8. The van der Waals surface area contributed by atoms with Gasteiger partial charge in [0.05, 0.1) is 11.7 Å². The van der Waals surface area contributed by atoms with Crippen LogP contribution in [0, 0.1) is 5.92 Å². The van der Waals surface area contributed by atoms with Crippen molar-refractivity contribution in [2.45, 2.75) is 18.9 Å². The van der Waals surface area contributed by atoms with Crippen LogP contribution < -0.4 is 5.32 Å². The number of likely N-dealkylation sites (tertiary alicyclic amines) is 1. The van der Waals surface area contributed by atoms with Crippen molar-refractivity contribution in [3.05, 3.63) is 54.0 Å². The van der Waals surface area contributed by atoms with Crippen molar-refractivity contribution in [2.75, 3.05) is 20.1 Å². The van der Waals surface area contributed by atoms with E-state index >= 15 is 0 Å². The number of amides is 1. The summed E-state index contributed by atoms with van der Waals surface area (Å²) in [5, 5.41) is 8.47. The summed E-state index contributed by atoms with van der Waals surface area (Å²) in [7, 11) is 4.15. The van der Waals surface area contributed by atoms with Crippen LogP contribution in [0.5, 0.6) is 0 Å². The number of aromatic amines is 1. The lowest BCUT2D eigenvalue weighted by molar-refractivity contribution is 0.0881. The molecule has 6 nitrogen and oxygen atoms in total. The normalized spacial score (nSPS) is 21.2. The van der Waals surface area contributed by atoms with Crippen molar-refractivity contribution in [3.8, 4) is 0 Å². The number of nitrogens with one attached hydrogen (secondary N) is 2. The van der Waals surface area contributed by atoms with Gasteiger partial charge in [-0.15, -0.1) is 0 Å². The van der Waals surface area contributed by atoms with E-state index in [-0.39, 0.29) is 11.9 Å². The molecule has 1 aromatic carbocycles. The molecule has 0 saturated carbocycles. The van der Waals surface area contributed by atoms with E-state index in [0.29, 0.717) is 12.5 Å². The van der Waals surface area contributed by atoms with Crippen molar-refractivity contribution >= 4 is 16.8 Å². The van der Waals surface area contributed by atoms with Crippen LogP contribution in [0.2, 0.25) is 0 Å². The largest absolute Gasteiger partial charge is 0.361 e. The van der Waals surface area contributed by atoms with Crippen molar-refractivity contribution in [1.82, 2.24) is 25.0 Å². The van der Waals surface area contributed by atoms with Crippen LogP contribution in [-0.4, -0.2) is 45.7 Å². The zero-order chi connectivity index (χ0) is 18.1. The van der Waals surface area contributed by atoms with E-state index in [0.717, 1.165) is 35.9 Å². The number of hydrogen-bond donors (Lipinski definition) is 2. The number of rotatable bonds is 4. The molecule has 6 heteroatoms. The molecule has 0 aliphatic carbocycles. The van der Waals surface area contributed by atoms with Crippen LogP contribution in [0.4, 0.5) is 0 Å². The highest BCUT2D eigenvalue weighted by Crippen LogP contribution is 2.34. The van der Waals surface area contributed by atoms with Gasteiger partial charge in [-0.05, 0) is 56.6 Å². The molecule has 2 N–H and O–H groups in total. The maximum absolute atomic E-state index is 12.8. The zero-order valence-electron chi connectivity index (χ0n) is 15.3. The minimum absolute atomic E-state index is 0.00724. The van der Waals surface area contributed by atoms with Gasteiger partial charge in [0.25, 0.3) is 5.91 Å². The molecule has 1 amide bonds. The van der Waals surface area contributed by atoms with Gasteiger partial charge in [-0.2, -0.15) is 5.10 Å². The van der Waals surface area contributed by atoms with E-state index in [1.54, 1.807) is 0 Å². The van der Waals surface area contributed by atoms with E-state index in [4.69, 9.17) is 0 Å². The SMILES string of the molecule is CN1CCC[C@@H](CNC(=O)c2cccc3[nH]ccc23)[C@@H]1c1ccnn1C. The van der Waals surface area contributed by atoms with Gasteiger partial charge in [0, 0.05) is 42.5 Å². The fourth-order valence-electron chi connectivity index (χ4n) is 4.22. The highest BCUT2D eigenvalue weighted by Gasteiger charge is 2.32. The van der Waals surface area contributed by atoms with E-state index in [1.165, 1.54) is 5.69 Å². The molecule has 2 atom stereocenters. The molecule has 1 fully saturated rings. The Bertz CT molecular complexity index is 912. The first-order valence-corrected chi connectivity index (χ1v) is 9.17. The highest BCUT2D eigenvalue weighted by atomic mass is 16.1. The Morgan fingerprint density at radius 3 is 3.00 bits per heavy atom. The Morgan fingerprint density at radius 1 is 1.31 bits per heavy atom. The molecule has 26 heavy (non-hydrogen) atoms. The summed E-state index contributed by atoms with van der Waals surface area (Å²) >= 11 is 0. The third-order valence-corrected chi connectivity index (χ3v) is 5.53. The number of carbonyl (C=O) groups excluding carboxylic acids is 1. The molecule has 1 aliphatic heterocycles. The smallest absolute Gasteiger partial charge is 0.251 e. The van der Waals surface area contributed by atoms with Gasteiger partial charge >= 0.3 is 0 Å². The predicted molar refractivity (Wildman–Crippen MR) is 102 cm³/mol. The topological polar surface area (TPSA) is 66.0 Å². The van der Waals surface area contributed by atoms with Crippen LogP contribution in [0.15, 0.2) is 42.7 Å². The van der Waals surface area contributed by atoms with Gasteiger partial charge in [0.15, 0.2) is 0 Å². The number of carbonyl (C=O) groups is 1. The predicted octanol–water partition coefficient (Wildman–Crippen LogP) is 2.71. The number of hydrogen-bond acceptors (Lipinski definition) is 3.